The number of anilines is 1. The SMILES string of the molecule is Cc1c(CCN2CCC3(CC2)CCN(c2ccc(-n4cnnn4)cn2)C3)ccc2c1COC2=O. The van der Waals surface area contributed by atoms with Crippen LogP contribution in [0, 0.1) is 12.3 Å². The van der Waals surface area contributed by atoms with E-state index in [-0.39, 0.29) is 5.97 Å². The number of ether oxygens (including phenoxy) is 1. The minimum absolute atomic E-state index is 0.185. The summed E-state index contributed by atoms with van der Waals surface area (Å²) in [5.74, 6) is 0.848. The molecule has 2 saturated heterocycles. The third-order valence-electron chi connectivity index (χ3n) is 8.00. The van der Waals surface area contributed by atoms with Gasteiger partial charge in [0.15, 0.2) is 0 Å². The molecule has 3 aliphatic rings. The molecule has 0 amide bonds. The first-order valence-corrected chi connectivity index (χ1v) is 12.1. The average molecular weight is 460 g/mol. The summed E-state index contributed by atoms with van der Waals surface area (Å²) in [6, 6.07) is 8.14. The van der Waals surface area contributed by atoms with Gasteiger partial charge in [0.2, 0.25) is 0 Å². The Morgan fingerprint density at radius 3 is 2.71 bits per heavy atom. The van der Waals surface area contributed by atoms with Crippen LogP contribution >= 0.6 is 0 Å². The molecular formula is C25H29N7O2. The number of hydrogen-bond donors (Lipinski definition) is 0. The van der Waals surface area contributed by atoms with Crippen LogP contribution in [-0.2, 0) is 17.8 Å². The lowest BCUT2D eigenvalue weighted by molar-refractivity contribution is 0.0535. The Balaban J connectivity index is 1.03. The number of carbonyl (C=O) groups is 1. The molecule has 3 aromatic rings. The van der Waals surface area contributed by atoms with Gasteiger partial charge in [-0.15, -0.1) is 5.10 Å². The number of piperidine rings is 1. The number of pyridine rings is 1. The van der Waals surface area contributed by atoms with Crippen LogP contribution in [0.4, 0.5) is 5.82 Å². The predicted molar refractivity (Wildman–Crippen MR) is 126 cm³/mol. The van der Waals surface area contributed by atoms with E-state index < -0.39 is 0 Å². The zero-order chi connectivity index (χ0) is 23.1. The zero-order valence-corrected chi connectivity index (χ0v) is 19.5. The Morgan fingerprint density at radius 2 is 1.94 bits per heavy atom. The molecule has 9 nitrogen and oxygen atoms in total. The van der Waals surface area contributed by atoms with Crippen LogP contribution in [0.25, 0.3) is 5.69 Å². The Kier molecular flexibility index (Phi) is 5.28. The van der Waals surface area contributed by atoms with Crippen LogP contribution in [0.3, 0.4) is 0 Å². The van der Waals surface area contributed by atoms with Crippen molar-refractivity contribution in [2.45, 2.75) is 39.2 Å². The van der Waals surface area contributed by atoms with Crippen molar-refractivity contribution >= 4 is 11.8 Å². The van der Waals surface area contributed by atoms with Crippen LogP contribution in [0.2, 0.25) is 0 Å². The van der Waals surface area contributed by atoms with E-state index in [0.29, 0.717) is 12.0 Å². The molecule has 0 unspecified atom stereocenters. The van der Waals surface area contributed by atoms with Gasteiger partial charge < -0.3 is 14.5 Å². The van der Waals surface area contributed by atoms with Crippen molar-refractivity contribution < 1.29 is 9.53 Å². The Morgan fingerprint density at radius 1 is 1.09 bits per heavy atom. The fourth-order valence-corrected chi connectivity index (χ4v) is 5.72. The number of fused-ring (bicyclic) bond motifs is 1. The molecule has 1 aromatic carbocycles. The highest BCUT2D eigenvalue weighted by atomic mass is 16.5. The predicted octanol–water partition coefficient (Wildman–Crippen LogP) is 2.57. The highest BCUT2D eigenvalue weighted by molar-refractivity contribution is 5.93. The molecule has 176 valence electrons. The second-order valence-electron chi connectivity index (χ2n) is 9.84. The molecule has 0 N–H and O–H groups in total. The number of nitrogens with zero attached hydrogens (tertiary/aromatic N) is 7. The second-order valence-corrected chi connectivity index (χ2v) is 9.84. The van der Waals surface area contributed by atoms with Crippen molar-refractivity contribution in [1.82, 2.24) is 30.1 Å². The monoisotopic (exact) mass is 459 g/mol. The van der Waals surface area contributed by atoms with Gasteiger partial charge in [-0.1, -0.05) is 6.07 Å². The first kappa shape index (κ1) is 21.2. The van der Waals surface area contributed by atoms with Gasteiger partial charge in [0, 0.05) is 25.2 Å². The molecule has 0 aliphatic carbocycles. The van der Waals surface area contributed by atoms with Crippen LogP contribution < -0.4 is 4.90 Å². The Hall–Kier alpha value is -3.33. The van der Waals surface area contributed by atoms with Crippen molar-refractivity contribution in [3.63, 3.8) is 0 Å². The molecule has 2 aromatic heterocycles. The summed E-state index contributed by atoms with van der Waals surface area (Å²) in [4.78, 5) is 21.5. The molecule has 3 aliphatic heterocycles. The van der Waals surface area contributed by atoms with Crippen molar-refractivity contribution in [1.29, 1.82) is 0 Å². The van der Waals surface area contributed by atoms with Gasteiger partial charge in [0.05, 0.1) is 17.4 Å². The van der Waals surface area contributed by atoms with Crippen molar-refractivity contribution in [3.05, 3.63) is 59.0 Å². The summed E-state index contributed by atoms with van der Waals surface area (Å²) in [6.45, 7) is 8.04. The third-order valence-corrected chi connectivity index (χ3v) is 8.00. The highest BCUT2D eigenvalue weighted by Crippen LogP contribution is 2.41. The van der Waals surface area contributed by atoms with E-state index >= 15 is 0 Å². The maximum atomic E-state index is 11.8. The molecule has 1 spiro atoms. The lowest BCUT2D eigenvalue weighted by Gasteiger charge is -2.39. The molecular weight excluding hydrogens is 430 g/mol. The largest absolute Gasteiger partial charge is 0.457 e. The van der Waals surface area contributed by atoms with Gasteiger partial charge in [-0.05, 0) is 90.9 Å². The smallest absolute Gasteiger partial charge is 0.338 e. The molecule has 5 heterocycles. The summed E-state index contributed by atoms with van der Waals surface area (Å²) in [7, 11) is 0. The second kappa shape index (κ2) is 8.47. The quantitative estimate of drug-likeness (QED) is 0.538. The van der Waals surface area contributed by atoms with Gasteiger partial charge in [-0.3, -0.25) is 0 Å². The number of likely N-dealkylation sites (tertiary alicyclic amines) is 1. The molecule has 0 bridgehead atoms. The van der Waals surface area contributed by atoms with Gasteiger partial charge in [-0.2, -0.15) is 4.68 Å². The zero-order valence-electron chi connectivity index (χ0n) is 19.5. The Labute approximate surface area is 198 Å². The Bertz CT molecular complexity index is 1180. The van der Waals surface area contributed by atoms with E-state index in [0.717, 1.165) is 61.8 Å². The van der Waals surface area contributed by atoms with E-state index in [1.54, 1.807) is 11.0 Å². The van der Waals surface area contributed by atoms with Gasteiger partial charge in [0.1, 0.15) is 18.8 Å². The summed E-state index contributed by atoms with van der Waals surface area (Å²) in [5, 5.41) is 11.3. The van der Waals surface area contributed by atoms with Gasteiger partial charge in [0.25, 0.3) is 0 Å². The molecule has 34 heavy (non-hydrogen) atoms. The normalized spacial score (nSPS) is 19.6. The minimum Gasteiger partial charge on any atom is -0.457 e. The number of esters is 1. The summed E-state index contributed by atoms with van der Waals surface area (Å²) >= 11 is 0. The molecule has 0 atom stereocenters. The maximum Gasteiger partial charge on any atom is 0.338 e. The van der Waals surface area contributed by atoms with E-state index in [1.807, 2.05) is 18.3 Å². The fourth-order valence-electron chi connectivity index (χ4n) is 5.72. The van der Waals surface area contributed by atoms with E-state index in [2.05, 4.69) is 49.4 Å². The number of carbonyl (C=O) groups excluding carboxylic acids is 1. The van der Waals surface area contributed by atoms with Gasteiger partial charge in [-0.25, -0.2) is 9.78 Å². The summed E-state index contributed by atoms with van der Waals surface area (Å²) < 4.78 is 6.82. The number of benzene rings is 1. The van der Waals surface area contributed by atoms with Gasteiger partial charge >= 0.3 is 5.97 Å². The maximum absolute atomic E-state index is 11.8. The number of rotatable bonds is 5. The summed E-state index contributed by atoms with van der Waals surface area (Å²) in [6.07, 6.45) is 8.13. The lowest BCUT2D eigenvalue weighted by Crippen LogP contribution is -2.42. The number of tetrazole rings is 1. The first-order valence-electron chi connectivity index (χ1n) is 12.1. The van der Waals surface area contributed by atoms with Crippen molar-refractivity contribution in [3.8, 4) is 5.69 Å². The van der Waals surface area contributed by atoms with E-state index in [4.69, 9.17) is 4.74 Å². The van der Waals surface area contributed by atoms with Crippen LogP contribution in [0.5, 0.6) is 0 Å². The standard InChI is InChI=1S/C25H29N7O2/c1-18-19(2-4-21-22(18)15-34-24(21)33)6-10-30-11-7-25(8-12-30)9-13-31(16-25)23-5-3-20(14-26-23)32-17-27-28-29-32/h2-5,14,17H,6-13,15-16H2,1H3. The van der Waals surface area contributed by atoms with E-state index in [9.17, 15) is 4.79 Å². The molecule has 6 rings (SSSR count). The lowest BCUT2D eigenvalue weighted by atomic mass is 9.77. The number of cyclic esters (lactones) is 1. The highest BCUT2D eigenvalue weighted by Gasteiger charge is 2.40. The molecule has 9 heteroatoms. The van der Waals surface area contributed by atoms with Crippen LogP contribution in [0.15, 0.2) is 36.8 Å². The van der Waals surface area contributed by atoms with Crippen molar-refractivity contribution in [2.75, 3.05) is 37.6 Å². The number of hydrogen-bond acceptors (Lipinski definition) is 8. The molecule has 2 fully saturated rings. The third kappa shape index (κ3) is 3.83. The van der Waals surface area contributed by atoms with Crippen molar-refractivity contribution in [2.24, 2.45) is 5.41 Å². The summed E-state index contributed by atoms with van der Waals surface area (Å²) in [5.41, 5.74) is 5.64. The molecule has 0 saturated carbocycles. The van der Waals surface area contributed by atoms with Crippen LogP contribution in [-0.4, -0.2) is 68.8 Å². The topological polar surface area (TPSA) is 89.3 Å². The van der Waals surface area contributed by atoms with E-state index in [1.165, 1.54) is 30.4 Å². The fraction of sp³-hybridized carbons (Fsp3) is 0.480. The molecule has 0 radical (unpaired) electrons. The first-order chi connectivity index (χ1) is 16.6. The van der Waals surface area contributed by atoms with Crippen LogP contribution in [0.1, 0.15) is 46.3 Å². The minimum atomic E-state index is -0.185. The average Bonchev–Trinajstić information content (AvgIpc) is 3.62. The number of aromatic nitrogens is 5.